The van der Waals surface area contributed by atoms with Crippen molar-refractivity contribution in [3.8, 4) is 0 Å². The highest BCUT2D eigenvalue weighted by molar-refractivity contribution is 7.10. The van der Waals surface area contributed by atoms with Crippen molar-refractivity contribution in [1.82, 2.24) is 10.6 Å². The topological polar surface area (TPSA) is 71.3 Å². The van der Waals surface area contributed by atoms with Gasteiger partial charge in [-0.2, -0.15) is 0 Å². The van der Waals surface area contributed by atoms with Gasteiger partial charge in [-0.1, -0.05) is 18.9 Å². The summed E-state index contributed by atoms with van der Waals surface area (Å²) in [6.07, 6.45) is 6.14. The van der Waals surface area contributed by atoms with E-state index in [1.165, 1.54) is 24.0 Å². The third-order valence-corrected chi connectivity index (χ3v) is 5.46. The van der Waals surface area contributed by atoms with Crippen molar-refractivity contribution in [2.24, 2.45) is 5.92 Å². The number of carbonyl (C=O) groups is 2. The Kier molecular flexibility index (Phi) is 5.35. The van der Waals surface area contributed by atoms with Crippen LogP contribution >= 0.6 is 11.3 Å². The molecule has 2 atom stereocenters. The van der Waals surface area contributed by atoms with Gasteiger partial charge in [-0.05, 0) is 49.3 Å². The number of furan rings is 1. The molecule has 128 valence electrons. The number of rotatable bonds is 6. The first-order chi connectivity index (χ1) is 11.6. The van der Waals surface area contributed by atoms with Crippen LogP contribution in [0.4, 0.5) is 0 Å². The van der Waals surface area contributed by atoms with Crippen LogP contribution < -0.4 is 10.6 Å². The van der Waals surface area contributed by atoms with Crippen molar-refractivity contribution in [3.05, 3.63) is 46.5 Å². The highest BCUT2D eigenvalue weighted by Gasteiger charge is 2.30. The Balaban J connectivity index is 1.63. The molecule has 2 N–H and O–H groups in total. The van der Waals surface area contributed by atoms with E-state index in [9.17, 15) is 9.59 Å². The summed E-state index contributed by atoms with van der Waals surface area (Å²) in [5.41, 5.74) is 0. The molecule has 6 heteroatoms. The molecule has 0 unspecified atom stereocenters. The number of nitrogens with one attached hydrogen (secondary N) is 2. The molecule has 2 amide bonds. The van der Waals surface area contributed by atoms with Crippen LogP contribution in [0.5, 0.6) is 0 Å². The summed E-state index contributed by atoms with van der Waals surface area (Å²) in [6.45, 7) is 1.69. The molecule has 0 saturated heterocycles. The Morgan fingerprint density at radius 2 is 2.00 bits per heavy atom. The highest BCUT2D eigenvalue weighted by Crippen LogP contribution is 2.37. The number of hydrogen-bond donors (Lipinski definition) is 2. The van der Waals surface area contributed by atoms with E-state index in [1.54, 1.807) is 30.4 Å². The average Bonchev–Trinajstić information content (AvgIpc) is 3.35. The molecule has 2 heterocycles. The Bertz CT molecular complexity index is 661. The van der Waals surface area contributed by atoms with E-state index in [1.807, 2.05) is 11.4 Å². The highest BCUT2D eigenvalue weighted by atomic mass is 32.1. The molecule has 24 heavy (non-hydrogen) atoms. The van der Waals surface area contributed by atoms with Crippen LogP contribution in [0, 0.1) is 5.92 Å². The Hall–Kier alpha value is -2.08. The van der Waals surface area contributed by atoms with Crippen LogP contribution in [0.1, 0.15) is 54.1 Å². The summed E-state index contributed by atoms with van der Waals surface area (Å²) in [5, 5.41) is 7.85. The maximum atomic E-state index is 12.6. The lowest BCUT2D eigenvalue weighted by atomic mass is 9.96. The van der Waals surface area contributed by atoms with E-state index in [0.717, 1.165) is 12.8 Å². The van der Waals surface area contributed by atoms with Gasteiger partial charge in [-0.15, -0.1) is 11.3 Å². The zero-order valence-corrected chi connectivity index (χ0v) is 14.5. The third kappa shape index (κ3) is 3.87. The van der Waals surface area contributed by atoms with Gasteiger partial charge in [-0.3, -0.25) is 9.59 Å². The molecule has 0 bridgehead atoms. The van der Waals surface area contributed by atoms with Crippen LogP contribution in [0.25, 0.3) is 0 Å². The average molecular weight is 346 g/mol. The summed E-state index contributed by atoms with van der Waals surface area (Å²) < 4.78 is 5.06. The predicted molar refractivity (Wildman–Crippen MR) is 92.8 cm³/mol. The first-order valence-corrected chi connectivity index (χ1v) is 9.21. The van der Waals surface area contributed by atoms with Crippen LogP contribution in [0.2, 0.25) is 0 Å². The molecule has 0 aliphatic heterocycles. The maximum Gasteiger partial charge on any atom is 0.287 e. The SMILES string of the molecule is C[C@@H](NC(=O)c1ccco1)C(=O)N[C@@H](c1cccs1)C1CCCC1. The number of carbonyl (C=O) groups excluding carboxylic acids is 2. The lowest BCUT2D eigenvalue weighted by Crippen LogP contribution is -2.46. The fourth-order valence-corrected chi connectivity index (χ4v) is 4.07. The Morgan fingerprint density at radius 3 is 2.62 bits per heavy atom. The van der Waals surface area contributed by atoms with Crippen molar-refractivity contribution >= 4 is 23.2 Å². The van der Waals surface area contributed by atoms with E-state index < -0.39 is 6.04 Å². The van der Waals surface area contributed by atoms with Crippen LogP contribution in [-0.2, 0) is 4.79 Å². The van der Waals surface area contributed by atoms with Crippen molar-refractivity contribution in [1.29, 1.82) is 0 Å². The molecule has 5 nitrogen and oxygen atoms in total. The molecule has 3 rings (SSSR count). The minimum atomic E-state index is -0.619. The summed E-state index contributed by atoms with van der Waals surface area (Å²) in [7, 11) is 0. The molecule has 1 aliphatic carbocycles. The number of thiophene rings is 1. The number of hydrogen-bond acceptors (Lipinski definition) is 4. The fraction of sp³-hybridized carbons (Fsp3) is 0.444. The van der Waals surface area contributed by atoms with Gasteiger partial charge in [-0.25, -0.2) is 0 Å². The molecular formula is C18H22N2O3S. The van der Waals surface area contributed by atoms with Crippen molar-refractivity contribution < 1.29 is 14.0 Å². The van der Waals surface area contributed by atoms with Gasteiger partial charge >= 0.3 is 0 Å². The van der Waals surface area contributed by atoms with Gasteiger partial charge in [0.2, 0.25) is 5.91 Å². The summed E-state index contributed by atoms with van der Waals surface area (Å²) >= 11 is 1.67. The minimum absolute atomic E-state index is 0.0305. The molecule has 0 radical (unpaired) electrons. The zero-order chi connectivity index (χ0) is 16.9. The fourth-order valence-electron chi connectivity index (χ4n) is 3.20. The molecule has 0 aromatic carbocycles. The lowest BCUT2D eigenvalue weighted by molar-refractivity contribution is -0.123. The largest absolute Gasteiger partial charge is 0.459 e. The van der Waals surface area contributed by atoms with E-state index in [0.29, 0.717) is 5.92 Å². The summed E-state index contributed by atoms with van der Waals surface area (Å²) in [4.78, 5) is 25.7. The standard InChI is InChI=1S/C18H22N2O3S/c1-12(19-18(22)14-8-4-10-23-14)17(21)20-16(13-6-2-3-7-13)15-9-5-11-24-15/h4-5,8-13,16H,2-3,6-7H2,1H3,(H,19,22)(H,20,21)/t12-,16-/m1/s1. The normalized spacial score (nSPS) is 17.4. The lowest BCUT2D eigenvalue weighted by Gasteiger charge is -2.25. The second-order valence-corrected chi connectivity index (χ2v) is 7.20. The second-order valence-electron chi connectivity index (χ2n) is 6.22. The first kappa shape index (κ1) is 16.8. The predicted octanol–water partition coefficient (Wildman–Crippen LogP) is 3.51. The van der Waals surface area contributed by atoms with E-state index in [4.69, 9.17) is 4.42 Å². The monoisotopic (exact) mass is 346 g/mol. The van der Waals surface area contributed by atoms with Crippen LogP contribution in [-0.4, -0.2) is 17.9 Å². The smallest absolute Gasteiger partial charge is 0.287 e. The van der Waals surface area contributed by atoms with Crippen LogP contribution in [0.15, 0.2) is 40.3 Å². The molecule has 1 aliphatic rings. The first-order valence-electron chi connectivity index (χ1n) is 8.33. The van der Waals surface area contributed by atoms with Gasteiger partial charge < -0.3 is 15.1 Å². The number of amides is 2. The third-order valence-electron chi connectivity index (χ3n) is 4.50. The van der Waals surface area contributed by atoms with Crippen molar-refractivity contribution in [2.45, 2.75) is 44.7 Å². The minimum Gasteiger partial charge on any atom is -0.459 e. The maximum absolute atomic E-state index is 12.6. The van der Waals surface area contributed by atoms with Gasteiger partial charge in [0.15, 0.2) is 5.76 Å². The molecular weight excluding hydrogens is 324 g/mol. The van der Waals surface area contributed by atoms with Gasteiger partial charge in [0, 0.05) is 4.88 Å². The molecule has 0 spiro atoms. The van der Waals surface area contributed by atoms with E-state index in [2.05, 4.69) is 16.7 Å². The Morgan fingerprint density at radius 1 is 1.21 bits per heavy atom. The second kappa shape index (κ2) is 7.66. The molecule has 1 fully saturated rings. The zero-order valence-electron chi connectivity index (χ0n) is 13.7. The molecule has 2 aromatic rings. The van der Waals surface area contributed by atoms with Gasteiger partial charge in [0.25, 0.3) is 5.91 Å². The van der Waals surface area contributed by atoms with Crippen LogP contribution in [0.3, 0.4) is 0 Å². The Labute approximate surface area is 145 Å². The van der Waals surface area contributed by atoms with Gasteiger partial charge in [0.1, 0.15) is 6.04 Å². The van der Waals surface area contributed by atoms with Crippen molar-refractivity contribution in [3.63, 3.8) is 0 Å². The van der Waals surface area contributed by atoms with E-state index >= 15 is 0 Å². The molecule has 1 saturated carbocycles. The van der Waals surface area contributed by atoms with Gasteiger partial charge in [0.05, 0.1) is 12.3 Å². The quantitative estimate of drug-likeness (QED) is 0.841. The molecule has 2 aromatic heterocycles. The summed E-state index contributed by atoms with van der Waals surface area (Å²) in [6, 6.07) is 6.71. The van der Waals surface area contributed by atoms with E-state index in [-0.39, 0.29) is 23.6 Å². The summed E-state index contributed by atoms with van der Waals surface area (Å²) in [5.74, 6) is 0.136. The van der Waals surface area contributed by atoms with Crippen molar-refractivity contribution in [2.75, 3.05) is 0 Å².